The molecule has 0 aliphatic rings. The highest BCUT2D eigenvalue weighted by Crippen LogP contribution is 2.19. The van der Waals surface area contributed by atoms with Crippen LogP contribution in [0.25, 0.3) is 0 Å². The number of hydrogen-bond acceptors (Lipinski definition) is 3. The van der Waals surface area contributed by atoms with Crippen molar-refractivity contribution < 1.29 is 0 Å². The van der Waals surface area contributed by atoms with Gasteiger partial charge in [0.15, 0.2) is 0 Å². The van der Waals surface area contributed by atoms with E-state index in [9.17, 15) is 0 Å². The van der Waals surface area contributed by atoms with E-state index in [1.807, 2.05) is 18.7 Å². The summed E-state index contributed by atoms with van der Waals surface area (Å²) in [5, 5.41) is 12.0. The van der Waals surface area contributed by atoms with Gasteiger partial charge >= 0.3 is 0 Å². The van der Waals surface area contributed by atoms with Crippen molar-refractivity contribution in [3.63, 3.8) is 0 Å². The molecule has 5 heteroatoms. The third kappa shape index (κ3) is 2.53. The number of halogens is 1. The highest BCUT2D eigenvalue weighted by atomic mass is 79.9. The summed E-state index contributed by atoms with van der Waals surface area (Å²) < 4.78 is 3.02. The Hall–Kier alpha value is -0.650. The third-order valence-corrected chi connectivity index (χ3v) is 4.23. The van der Waals surface area contributed by atoms with Gasteiger partial charge in [-0.3, -0.25) is 4.68 Å². The molecule has 0 saturated carbocycles. The number of aryl methyl sites for hydroxylation is 2. The van der Waals surface area contributed by atoms with E-state index in [2.05, 4.69) is 43.2 Å². The van der Waals surface area contributed by atoms with Crippen molar-refractivity contribution in [3.8, 4) is 0 Å². The number of rotatable bonds is 4. The Bertz CT molecular complexity index is 462. The highest BCUT2D eigenvalue weighted by Gasteiger charge is 2.09. The molecule has 2 aromatic rings. The lowest BCUT2D eigenvalue weighted by molar-refractivity contribution is 0.624. The maximum Gasteiger partial charge on any atom is 0.0739 e. The third-order valence-electron chi connectivity index (χ3n) is 2.46. The van der Waals surface area contributed by atoms with Crippen LogP contribution in [-0.2, 0) is 20.1 Å². The van der Waals surface area contributed by atoms with Gasteiger partial charge in [0.25, 0.3) is 0 Å². The van der Waals surface area contributed by atoms with Crippen LogP contribution in [0.4, 0.5) is 0 Å². The minimum Gasteiger partial charge on any atom is -0.307 e. The molecule has 0 unspecified atom stereocenters. The Morgan fingerprint density at radius 2 is 2.31 bits per heavy atom. The summed E-state index contributed by atoms with van der Waals surface area (Å²) in [5.74, 6) is 0. The quantitative estimate of drug-likeness (QED) is 0.941. The second-order valence-electron chi connectivity index (χ2n) is 3.70. The first-order valence-electron chi connectivity index (χ1n) is 5.08. The van der Waals surface area contributed by atoms with Crippen LogP contribution in [0.1, 0.15) is 17.0 Å². The molecule has 3 nitrogen and oxygen atoms in total. The molecule has 0 bridgehead atoms. The van der Waals surface area contributed by atoms with Gasteiger partial charge in [0.2, 0.25) is 0 Å². The summed E-state index contributed by atoms with van der Waals surface area (Å²) in [5.41, 5.74) is 3.56. The number of nitrogens with one attached hydrogen (secondary N) is 1. The van der Waals surface area contributed by atoms with Crippen LogP contribution in [0.3, 0.4) is 0 Å². The van der Waals surface area contributed by atoms with Gasteiger partial charge in [0.1, 0.15) is 0 Å². The molecule has 16 heavy (non-hydrogen) atoms. The first kappa shape index (κ1) is 11.8. The van der Waals surface area contributed by atoms with Crippen LogP contribution < -0.4 is 5.32 Å². The summed E-state index contributed by atoms with van der Waals surface area (Å²) in [6, 6.07) is 2.14. The lowest BCUT2D eigenvalue weighted by Crippen LogP contribution is -2.15. The highest BCUT2D eigenvalue weighted by molar-refractivity contribution is 9.10. The van der Waals surface area contributed by atoms with Crippen molar-refractivity contribution in [1.82, 2.24) is 15.1 Å². The molecule has 0 radical (unpaired) electrons. The van der Waals surface area contributed by atoms with E-state index in [4.69, 9.17) is 0 Å². The largest absolute Gasteiger partial charge is 0.307 e. The van der Waals surface area contributed by atoms with Crippen molar-refractivity contribution in [3.05, 3.63) is 38.3 Å². The van der Waals surface area contributed by atoms with Crippen molar-refractivity contribution in [2.45, 2.75) is 20.0 Å². The Labute approximate surface area is 108 Å². The van der Waals surface area contributed by atoms with Crippen molar-refractivity contribution in [2.24, 2.45) is 7.05 Å². The van der Waals surface area contributed by atoms with Crippen molar-refractivity contribution in [2.75, 3.05) is 0 Å². The summed E-state index contributed by atoms with van der Waals surface area (Å²) in [6.45, 7) is 3.74. The molecule has 0 spiro atoms. The van der Waals surface area contributed by atoms with E-state index in [0.717, 1.165) is 23.3 Å². The monoisotopic (exact) mass is 299 g/mol. The fourth-order valence-electron chi connectivity index (χ4n) is 1.59. The van der Waals surface area contributed by atoms with Crippen LogP contribution in [0, 0.1) is 6.92 Å². The van der Waals surface area contributed by atoms with Gasteiger partial charge in [0, 0.05) is 20.1 Å². The van der Waals surface area contributed by atoms with Gasteiger partial charge in [0.05, 0.1) is 15.9 Å². The summed E-state index contributed by atoms with van der Waals surface area (Å²) in [7, 11) is 1.97. The van der Waals surface area contributed by atoms with E-state index < -0.39 is 0 Å². The molecule has 2 aromatic heterocycles. The zero-order valence-electron chi connectivity index (χ0n) is 9.33. The average molecular weight is 300 g/mol. The minimum atomic E-state index is 0.827. The Balaban J connectivity index is 1.95. The lowest BCUT2D eigenvalue weighted by atomic mass is 10.3. The topological polar surface area (TPSA) is 29.9 Å². The number of nitrogens with zero attached hydrogens (tertiary/aromatic N) is 2. The van der Waals surface area contributed by atoms with E-state index in [1.54, 1.807) is 11.3 Å². The molecule has 2 rings (SSSR count). The second kappa shape index (κ2) is 5.12. The predicted octanol–water partition coefficient (Wildman–Crippen LogP) is 2.84. The molecule has 0 aliphatic heterocycles. The zero-order chi connectivity index (χ0) is 11.5. The van der Waals surface area contributed by atoms with E-state index in [1.165, 1.54) is 11.3 Å². The zero-order valence-corrected chi connectivity index (χ0v) is 11.7. The maximum absolute atomic E-state index is 4.36. The molecular weight excluding hydrogens is 286 g/mol. The summed E-state index contributed by atoms with van der Waals surface area (Å²) >= 11 is 5.29. The first-order chi connectivity index (χ1) is 7.68. The molecule has 0 aromatic carbocycles. The summed E-state index contributed by atoms with van der Waals surface area (Å²) in [4.78, 5) is 0. The molecule has 0 amide bonds. The Morgan fingerprint density at radius 1 is 1.50 bits per heavy atom. The maximum atomic E-state index is 4.36. The smallest absolute Gasteiger partial charge is 0.0739 e. The van der Waals surface area contributed by atoms with E-state index >= 15 is 0 Å². The second-order valence-corrected chi connectivity index (χ2v) is 5.28. The molecule has 0 saturated heterocycles. The standard InChI is InChI=1S/C11H14BrN3S/c1-8-11(12)10(15(2)14-8)6-13-5-9-3-4-16-7-9/h3-4,7,13H,5-6H2,1-2H3. The Kier molecular flexibility index (Phi) is 3.78. The van der Waals surface area contributed by atoms with Gasteiger partial charge in [-0.2, -0.15) is 16.4 Å². The molecule has 0 fully saturated rings. The van der Waals surface area contributed by atoms with Gasteiger partial charge in [-0.1, -0.05) is 0 Å². The van der Waals surface area contributed by atoms with Gasteiger partial charge < -0.3 is 5.32 Å². The van der Waals surface area contributed by atoms with Crippen molar-refractivity contribution in [1.29, 1.82) is 0 Å². The van der Waals surface area contributed by atoms with Gasteiger partial charge in [-0.05, 0) is 45.2 Å². The normalized spacial score (nSPS) is 10.9. The molecular formula is C11H14BrN3S. The van der Waals surface area contributed by atoms with Crippen LogP contribution in [0.2, 0.25) is 0 Å². The van der Waals surface area contributed by atoms with Crippen molar-refractivity contribution >= 4 is 27.3 Å². The van der Waals surface area contributed by atoms with Crippen LogP contribution in [0.15, 0.2) is 21.3 Å². The minimum absolute atomic E-state index is 0.827. The number of hydrogen-bond donors (Lipinski definition) is 1. The molecule has 86 valence electrons. The fourth-order valence-corrected chi connectivity index (χ4v) is 2.74. The molecule has 2 heterocycles. The Morgan fingerprint density at radius 3 is 2.88 bits per heavy atom. The SMILES string of the molecule is Cc1nn(C)c(CNCc2ccsc2)c1Br. The first-order valence-corrected chi connectivity index (χ1v) is 6.82. The molecule has 0 aliphatic carbocycles. The predicted molar refractivity (Wildman–Crippen MR) is 70.5 cm³/mol. The van der Waals surface area contributed by atoms with Crippen LogP contribution in [-0.4, -0.2) is 9.78 Å². The van der Waals surface area contributed by atoms with Gasteiger partial charge in [-0.15, -0.1) is 0 Å². The van der Waals surface area contributed by atoms with E-state index in [-0.39, 0.29) is 0 Å². The number of aromatic nitrogens is 2. The average Bonchev–Trinajstić information content (AvgIpc) is 2.82. The van der Waals surface area contributed by atoms with E-state index in [0.29, 0.717) is 0 Å². The van der Waals surface area contributed by atoms with Crippen LogP contribution in [0.5, 0.6) is 0 Å². The fraction of sp³-hybridized carbons (Fsp3) is 0.364. The number of thiophene rings is 1. The molecule has 0 atom stereocenters. The van der Waals surface area contributed by atoms with Gasteiger partial charge in [-0.25, -0.2) is 0 Å². The lowest BCUT2D eigenvalue weighted by Gasteiger charge is -2.04. The summed E-state index contributed by atoms with van der Waals surface area (Å²) in [6.07, 6.45) is 0. The van der Waals surface area contributed by atoms with Crippen LogP contribution >= 0.6 is 27.3 Å². The molecule has 1 N–H and O–H groups in total.